The van der Waals surface area contributed by atoms with Crippen LogP contribution in [0, 0.1) is 20.8 Å². The number of thioether (sulfide) groups is 1. The van der Waals surface area contributed by atoms with Crippen LogP contribution in [0.1, 0.15) is 22.3 Å². The summed E-state index contributed by atoms with van der Waals surface area (Å²) >= 11 is 0.752. The van der Waals surface area contributed by atoms with Crippen molar-refractivity contribution in [3.63, 3.8) is 0 Å². The topological polar surface area (TPSA) is 123 Å². The number of anilines is 2. The first kappa shape index (κ1) is 30.2. The van der Waals surface area contributed by atoms with Crippen LogP contribution in [0.15, 0.2) is 59.5 Å². The highest BCUT2D eigenvalue weighted by atomic mass is 32.2. The molecule has 11 heteroatoms. The molecule has 4 amide bonds. The highest BCUT2D eigenvalue weighted by Gasteiger charge is 2.36. The average Bonchev–Trinajstić information content (AvgIpc) is 3.21. The van der Waals surface area contributed by atoms with Gasteiger partial charge in [0.25, 0.3) is 17.1 Å². The Kier molecular flexibility index (Phi) is 9.53. The summed E-state index contributed by atoms with van der Waals surface area (Å²) in [4.78, 5) is 51.9. The van der Waals surface area contributed by atoms with E-state index in [-0.39, 0.29) is 11.5 Å². The van der Waals surface area contributed by atoms with E-state index in [1.165, 1.54) is 20.3 Å². The molecule has 1 fully saturated rings. The molecule has 0 unspecified atom stereocenters. The Morgan fingerprint density at radius 3 is 2.24 bits per heavy atom. The molecule has 3 aromatic rings. The van der Waals surface area contributed by atoms with Gasteiger partial charge in [0.05, 0.1) is 24.8 Å². The maximum atomic E-state index is 13.0. The van der Waals surface area contributed by atoms with Crippen molar-refractivity contribution in [3.05, 3.63) is 81.8 Å². The summed E-state index contributed by atoms with van der Waals surface area (Å²) in [5.41, 5.74) is 4.62. The highest BCUT2D eigenvalue weighted by molar-refractivity contribution is 8.18. The number of imide groups is 1. The molecular weight excluding hydrogens is 558 g/mol. The maximum Gasteiger partial charge on any atom is 0.294 e. The zero-order valence-electron chi connectivity index (χ0n) is 23.9. The summed E-state index contributed by atoms with van der Waals surface area (Å²) < 4.78 is 16.3. The Bertz CT molecular complexity index is 1560. The first-order valence-electron chi connectivity index (χ1n) is 13.0. The van der Waals surface area contributed by atoms with Crippen LogP contribution in [0.2, 0.25) is 0 Å². The van der Waals surface area contributed by atoms with E-state index >= 15 is 0 Å². The number of benzene rings is 3. The third-order valence-corrected chi connectivity index (χ3v) is 7.25. The van der Waals surface area contributed by atoms with E-state index in [4.69, 9.17) is 14.2 Å². The fourth-order valence-electron chi connectivity index (χ4n) is 4.46. The van der Waals surface area contributed by atoms with Crippen LogP contribution < -0.4 is 24.8 Å². The molecule has 1 aliphatic rings. The molecule has 0 spiro atoms. The summed E-state index contributed by atoms with van der Waals surface area (Å²) in [5.74, 6) is -0.255. The van der Waals surface area contributed by atoms with Crippen LogP contribution in [-0.4, -0.2) is 55.2 Å². The lowest BCUT2D eigenvalue weighted by Crippen LogP contribution is -2.36. The van der Waals surface area contributed by atoms with Gasteiger partial charge in [-0.05, 0) is 79.6 Å². The molecular formula is C31H31N3O7S. The number of rotatable bonds is 10. The first-order chi connectivity index (χ1) is 20.1. The van der Waals surface area contributed by atoms with E-state index in [0.29, 0.717) is 34.2 Å². The number of carbonyl (C=O) groups is 4. The fourth-order valence-corrected chi connectivity index (χ4v) is 5.30. The van der Waals surface area contributed by atoms with E-state index in [9.17, 15) is 19.2 Å². The van der Waals surface area contributed by atoms with Crippen LogP contribution >= 0.6 is 11.8 Å². The highest BCUT2D eigenvalue weighted by Crippen LogP contribution is 2.35. The zero-order chi connectivity index (χ0) is 30.4. The zero-order valence-corrected chi connectivity index (χ0v) is 24.7. The molecule has 0 radical (unpaired) electrons. The number of amides is 4. The molecule has 218 valence electrons. The summed E-state index contributed by atoms with van der Waals surface area (Å²) in [6.45, 7) is 5.07. The second-order valence-corrected chi connectivity index (χ2v) is 10.5. The van der Waals surface area contributed by atoms with Gasteiger partial charge in [-0.3, -0.25) is 24.1 Å². The predicted octanol–water partition coefficient (Wildman–Crippen LogP) is 5.32. The predicted molar refractivity (Wildman–Crippen MR) is 162 cm³/mol. The number of nitrogens with one attached hydrogen (secondary N) is 2. The van der Waals surface area contributed by atoms with Crippen molar-refractivity contribution in [2.75, 3.05) is 38.0 Å². The molecule has 0 saturated carbocycles. The van der Waals surface area contributed by atoms with Gasteiger partial charge in [0.15, 0.2) is 18.1 Å². The number of ether oxygens (including phenoxy) is 3. The van der Waals surface area contributed by atoms with Gasteiger partial charge in [-0.25, -0.2) is 0 Å². The minimum absolute atomic E-state index is 0.169. The van der Waals surface area contributed by atoms with Gasteiger partial charge in [-0.15, -0.1) is 0 Å². The standard InChI is InChI=1S/C31H31N3O7S/c1-18-12-19(2)29(20(3)13-18)33-27(35)16-34-30(37)26(42-31(34)38)15-21-10-11-24(25(14-21)40-5)41-17-28(36)32-22-8-6-7-9-23(22)39-4/h6-15H,16-17H2,1-5H3,(H,32,36)(H,33,35)/b26-15-. The lowest BCUT2D eigenvalue weighted by atomic mass is 10.1. The van der Waals surface area contributed by atoms with Gasteiger partial charge in [0.2, 0.25) is 5.91 Å². The smallest absolute Gasteiger partial charge is 0.294 e. The molecule has 4 rings (SSSR count). The van der Waals surface area contributed by atoms with Crippen molar-refractivity contribution >= 4 is 52.2 Å². The van der Waals surface area contributed by atoms with Crippen molar-refractivity contribution in [1.29, 1.82) is 0 Å². The Balaban J connectivity index is 1.40. The van der Waals surface area contributed by atoms with Gasteiger partial charge >= 0.3 is 0 Å². The molecule has 2 N–H and O–H groups in total. The quantitative estimate of drug-likeness (QED) is 0.305. The number of aryl methyl sites for hydroxylation is 3. The number of hydrogen-bond donors (Lipinski definition) is 2. The van der Waals surface area contributed by atoms with Crippen molar-refractivity contribution in [2.24, 2.45) is 0 Å². The van der Waals surface area contributed by atoms with Gasteiger partial charge in [0, 0.05) is 5.69 Å². The molecule has 0 atom stereocenters. The molecule has 0 aliphatic carbocycles. The van der Waals surface area contributed by atoms with E-state index < -0.39 is 29.5 Å². The third kappa shape index (κ3) is 7.10. The van der Waals surface area contributed by atoms with Crippen LogP contribution in [-0.2, 0) is 14.4 Å². The molecule has 1 saturated heterocycles. The third-order valence-electron chi connectivity index (χ3n) is 6.34. The SMILES string of the molecule is COc1ccccc1NC(=O)COc1ccc(/C=C2\SC(=O)N(CC(=O)Nc3c(C)cc(C)cc3C)C2=O)cc1OC. The van der Waals surface area contributed by atoms with E-state index in [2.05, 4.69) is 10.6 Å². The molecule has 0 aromatic heterocycles. The number of carbonyl (C=O) groups excluding carboxylic acids is 4. The van der Waals surface area contributed by atoms with Gasteiger partial charge in [-0.2, -0.15) is 0 Å². The first-order valence-corrected chi connectivity index (χ1v) is 13.8. The van der Waals surface area contributed by atoms with Crippen LogP contribution in [0.5, 0.6) is 17.2 Å². The Morgan fingerprint density at radius 1 is 0.857 bits per heavy atom. The largest absolute Gasteiger partial charge is 0.495 e. The van der Waals surface area contributed by atoms with Gasteiger partial charge < -0.3 is 24.8 Å². The van der Waals surface area contributed by atoms with E-state index in [1.54, 1.807) is 42.5 Å². The van der Waals surface area contributed by atoms with Crippen molar-refractivity contribution in [2.45, 2.75) is 20.8 Å². The average molecular weight is 590 g/mol. The second-order valence-electron chi connectivity index (χ2n) is 9.54. The van der Waals surface area contributed by atoms with Crippen LogP contribution in [0.3, 0.4) is 0 Å². The normalized spacial score (nSPS) is 13.7. The summed E-state index contributed by atoms with van der Waals surface area (Å²) in [6, 6.07) is 15.8. The molecule has 42 heavy (non-hydrogen) atoms. The number of methoxy groups -OCH3 is 2. The van der Waals surface area contributed by atoms with Crippen molar-refractivity contribution < 1.29 is 33.4 Å². The lowest BCUT2D eigenvalue weighted by Gasteiger charge is -2.16. The summed E-state index contributed by atoms with van der Waals surface area (Å²) in [6.07, 6.45) is 1.54. The Labute approximate surface area is 248 Å². The Morgan fingerprint density at radius 2 is 1.55 bits per heavy atom. The maximum absolute atomic E-state index is 13.0. The van der Waals surface area contributed by atoms with Crippen LogP contribution in [0.4, 0.5) is 16.2 Å². The number of nitrogens with zero attached hydrogens (tertiary/aromatic N) is 1. The minimum atomic E-state index is -0.565. The van der Waals surface area contributed by atoms with E-state index in [0.717, 1.165) is 33.4 Å². The summed E-state index contributed by atoms with van der Waals surface area (Å²) in [7, 11) is 2.96. The van der Waals surface area contributed by atoms with Gasteiger partial charge in [0.1, 0.15) is 12.3 Å². The number of hydrogen-bond acceptors (Lipinski definition) is 8. The van der Waals surface area contributed by atoms with Crippen LogP contribution in [0.25, 0.3) is 6.08 Å². The molecule has 0 bridgehead atoms. The van der Waals surface area contributed by atoms with Crippen molar-refractivity contribution in [1.82, 2.24) is 4.90 Å². The monoisotopic (exact) mass is 589 g/mol. The van der Waals surface area contributed by atoms with E-state index in [1.807, 2.05) is 32.9 Å². The molecule has 1 heterocycles. The second kappa shape index (κ2) is 13.3. The van der Waals surface area contributed by atoms with Gasteiger partial charge in [-0.1, -0.05) is 35.9 Å². The molecule has 3 aromatic carbocycles. The summed E-state index contributed by atoms with van der Waals surface area (Å²) in [5, 5.41) is 5.02. The molecule has 10 nitrogen and oxygen atoms in total. The fraction of sp³-hybridized carbons (Fsp3) is 0.226. The Hall–Kier alpha value is -4.77. The minimum Gasteiger partial charge on any atom is -0.495 e. The number of para-hydroxylation sites is 2. The van der Waals surface area contributed by atoms with Crippen molar-refractivity contribution in [3.8, 4) is 17.2 Å². The molecule has 1 aliphatic heterocycles. The lowest BCUT2D eigenvalue weighted by molar-refractivity contribution is -0.127.